The zero-order valence-electron chi connectivity index (χ0n) is 13.0. The van der Waals surface area contributed by atoms with Crippen LogP contribution in [0.1, 0.15) is 0 Å². The van der Waals surface area contributed by atoms with E-state index in [2.05, 4.69) is 10.00 Å². The van der Waals surface area contributed by atoms with E-state index in [-0.39, 0.29) is 5.75 Å². The quantitative estimate of drug-likeness (QED) is 0.749. The second-order valence-electron chi connectivity index (χ2n) is 5.61. The topological polar surface area (TPSA) is 65.0 Å². The third-order valence-electron chi connectivity index (χ3n) is 4.01. The molecule has 0 atom stereocenters. The number of hydrogen-bond donors (Lipinski definition) is 1. The highest BCUT2D eigenvalue weighted by Gasteiger charge is 2.16. The third kappa shape index (κ3) is 2.74. The van der Waals surface area contributed by atoms with E-state index in [0.717, 1.165) is 24.3 Å². The van der Waals surface area contributed by atoms with E-state index in [1.54, 1.807) is 16.8 Å². The molecule has 3 aromatic rings. The van der Waals surface area contributed by atoms with Gasteiger partial charge in [-0.3, -0.25) is 0 Å². The molecule has 1 aliphatic heterocycles. The van der Waals surface area contributed by atoms with Crippen molar-refractivity contribution in [2.45, 2.75) is 0 Å². The van der Waals surface area contributed by atoms with Crippen LogP contribution in [0.3, 0.4) is 0 Å². The SMILES string of the molecule is Nc1ccc(Oc2cc(N3CCOCC3)cn3nccc23)c(F)c1. The molecule has 1 aliphatic rings. The number of nitrogens with zero attached hydrogens (tertiary/aromatic N) is 3. The fourth-order valence-corrected chi connectivity index (χ4v) is 2.78. The Balaban J connectivity index is 1.74. The number of nitrogens with two attached hydrogens (primary N) is 1. The second-order valence-corrected chi connectivity index (χ2v) is 5.61. The number of morpholine rings is 1. The van der Waals surface area contributed by atoms with Crippen LogP contribution in [0, 0.1) is 5.82 Å². The fraction of sp³-hybridized carbons (Fsp3) is 0.235. The van der Waals surface area contributed by atoms with Crippen molar-refractivity contribution in [2.24, 2.45) is 0 Å². The van der Waals surface area contributed by atoms with Gasteiger partial charge in [0.2, 0.25) is 0 Å². The minimum Gasteiger partial charge on any atom is -0.452 e. The Labute approximate surface area is 138 Å². The molecule has 1 saturated heterocycles. The molecular formula is C17H17FN4O2. The summed E-state index contributed by atoms with van der Waals surface area (Å²) in [5.74, 6) is 0.177. The van der Waals surface area contributed by atoms with Crippen LogP contribution < -0.4 is 15.4 Å². The highest BCUT2D eigenvalue weighted by molar-refractivity contribution is 5.66. The Hall–Kier alpha value is -2.80. The predicted molar refractivity (Wildman–Crippen MR) is 89.1 cm³/mol. The molecule has 0 saturated carbocycles. The van der Waals surface area contributed by atoms with Gasteiger partial charge in [-0.25, -0.2) is 8.91 Å². The highest BCUT2D eigenvalue weighted by atomic mass is 19.1. The molecule has 0 spiro atoms. The monoisotopic (exact) mass is 328 g/mol. The first-order chi connectivity index (χ1) is 11.7. The maximum absolute atomic E-state index is 14.1. The van der Waals surface area contributed by atoms with Crippen molar-refractivity contribution >= 4 is 16.9 Å². The maximum Gasteiger partial charge on any atom is 0.167 e. The van der Waals surface area contributed by atoms with Crippen LogP contribution in [0.15, 0.2) is 42.7 Å². The number of fused-ring (bicyclic) bond motifs is 1. The molecule has 0 aliphatic carbocycles. The van der Waals surface area contributed by atoms with Gasteiger partial charge in [-0.05, 0) is 18.2 Å². The molecule has 2 aromatic heterocycles. The van der Waals surface area contributed by atoms with E-state index in [1.165, 1.54) is 12.1 Å². The van der Waals surface area contributed by atoms with E-state index < -0.39 is 5.82 Å². The van der Waals surface area contributed by atoms with Crippen molar-refractivity contribution in [2.75, 3.05) is 36.9 Å². The molecule has 3 heterocycles. The molecule has 4 rings (SSSR count). The number of nitrogen functional groups attached to an aromatic ring is 1. The first-order valence-electron chi connectivity index (χ1n) is 7.74. The van der Waals surface area contributed by atoms with E-state index in [9.17, 15) is 4.39 Å². The molecule has 7 heteroatoms. The van der Waals surface area contributed by atoms with Gasteiger partial charge < -0.3 is 20.1 Å². The molecule has 2 N–H and O–H groups in total. The van der Waals surface area contributed by atoms with Crippen LogP contribution in [0.4, 0.5) is 15.8 Å². The minimum atomic E-state index is -0.496. The van der Waals surface area contributed by atoms with Gasteiger partial charge in [0.1, 0.15) is 5.52 Å². The number of halogens is 1. The van der Waals surface area contributed by atoms with Gasteiger partial charge in [0.25, 0.3) is 0 Å². The molecule has 124 valence electrons. The van der Waals surface area contributed by atoms with Crippen molar-refractivity contribution in [1.82, 2.24) is 9.61 Å². The second kappa shape index (κ2) is 6.01. The summed E-state index contributed by atoms with van der Waals surface area (Å²) in [7, 11) is 0. The summed E-state index contributed by atoms with van der Waals surface area (Å²) in [5, 5.41) is 4.28. The van der Waals surface area contributed by atoms with Crippen LogP contribution in [0.25, 0.3) is 5.52 Å². The lowest BCUT2D eigenvalue weighted by Crippen LogP contribution is -2.36. The molecule has 1 fully saturated rings. The first-order valence-corrected chi connectivity index (χ1v) is 7.74. The Morgan fingerprint density at radius 3 is 2.75 bits per heavy atom. The van der Waals surface area contributed by atoms with Gasteiger partial charge in [0.15, 0.2) is 17.3 Å². The van der Waals surface area contributed by atoms with Crippen LogP contribution in [-0.2, 0) is 4.74 Å². The van der Waals surface area contributed by atoms with E-state index >= 15 is 0 Å². The van der Waals surface area contributed by atoms with Crippen molar-refractivity contribution in [3.05, 3.63) is 48.5 Å². The van der Waals surface area contributed by atoms with E-state index in [0.29, 0.717) is 24.7 Å². The predicted octanol–water partition coefficient (Wildman–Crippen LogP) is 2.68. The summed E-state index contributed by atoms with van der Waals surface area (Å²) in [6.07, 6.45) is 3.62. The van der Waals surface area contributed by atoms with Crippen molar-refractivity contribution in [3.63, 3.8) is 0 Å². The lowest BCUT2D eigenvalue weighted by Gasteiger charge is -2.29. The summed E-state index contributed by atoms with van der Waals surface area (Å²) in [6, 6.07) is 8.11. The molecular weight excluding hydrogens is 311 g/mol. The molecule has 0 amide bonds. The highest BCUT2D eigenvalue weighted by Crippen LogP contribution is 2.32. The number of anilines is 2. The van der Waals surface area contributed by atoms with Gasteiger partial charge in [0.05, 0.1) is 31.3 Å². The van der Waals surface area contributed by atoms with Gasteiger partial charge in [-0.2, -0.15) is 5.10 Å². The zero-order chi connectivity index (χ0) is 16.5. The Bertz CT molecular complexity index is 874. The Kier molecular flexibility index (Phi) is 3.70. The van der Waals surface area contributed by atoms with Crippen molar-refractivity contribution < 1.29 is 13.9 Å². The molecule has 6 nitrogen and oxygen atoms in total. The first kappa shape index (κ1) is 14.8. The number of aromatic nitrogens is 2. The summed E-state index contributed by atoms with van der Waals surface area (Å²) < 4.78 is 27.0. The summed E-state index contributed by atoms with van der Waals surface area (Å²) in [4.78, 5) is 2.19. The molecule has 24 heavy (non-hydrogen) atoms. The van der Waals surface area contributed by atoms with E-state index in [4.69, 9.17) is 15.2 Å². The van der Waals surface area contributed by atoms with Crippen molar-refractivity contribution in [1.29, 1.82) is 0 Å². The normalized spacial score (nSPS) is 15.0. The van der Waals surface area contributed by atoms with Crippen LogP contribution in [0.5, 0.6) is 11.5 Å². The molecule has 0 bridgehead atoms. The fourth-order valence-electron chi connectivity index (χ4n) is 2.78. The zero-order valence-corrected chi connectivity index (χ0v) is 13.0. The van der Waals surface area contributed by atoms with Gasteiger partial charge in [0, 0.05) is 30.9 Å². The Morgan fingerprint density at radius 1 is 1.12 bits per heavy atom. The minimum absolute atomic E-state index is 0.131. The van der Waals surface area contributed by atoms with Crippen LogP contribution >= 0.6 is 0 Å². The van der Waals surface area contributed by atoms with Gasteiger partial charge >= 0.3 is 0 Å². The number of pyridine rings is 1. The molecule has 0 unspecified atom stereocenters. The average molecular weight is 328 g/mol. The van der Waals surface area contributed by atoms with Crippen LogP contribution in [-0.4, -0.2) is 35.9 Å². The number of rotatable bonds is 3. The number of hydrogen-bond acceptors (Lipinski definition) is 5. The maximum atomic E-state index is 14.1. The van der Waals surface area contributed by atoms with E-state index in [1.807, 2.05) is 18.3 Å². The number of benzene rings is 1. The smallest absolute Gasteiger partial charge is 0.167 e. The summed E-state index contributed by atoms with van der Waals surface area (Å²) in [6.45, 7) is 2.95. The van der Waals surface area contributed by atoms with Crippen molar-refractivity contribution in [3.8, 4) is 11.5 Å². The standard InChI is InChI=1S/C17H17FN4O2/c18-14-9-12(19)1-2-16(14)24-17-10-13(21-5-7-23-8-6-21)11-22-15(17)3-4-20-22/h1-4,9-11H,5-8,19H2. The lowest BCUT2D eigenvalue weighted by atomic mass is 10.2. The Morgan fingerprint density at radius 2 is 1.96 bits per heavy atom. The third-order valence-corrected chi connectivity index (χ3v) is 4.01. The van der Waals surface area contributed by atoms with Gasteiger partial charge in [-0.15, -0.1) is 0 Å². The molecule has 0 radical (unpaired) electrons. The number of ether oxygens (including phenoxy) is 2. The summed E-state index contributed by atoms with van der Waals surface area (Å²) >= 11 is 0. The lowest BCUT2D eigenvalue weighted by molar-refractivity contribution is 0.122. The van der Waals surface area contributed by atoms with Crippen LogP contribution in [0.2, 0.25) is 0 Å². The molecule has 1 aromatic carbocycles. The summed E-state index contributed by atoms with van der Waals surface area (Å²) in [5.41, 5.74) is 7.67. The largest absolute Gasteiger partial charge is 0.452 e. The van der Waals surface area contributed by atoms with Gasteiger partial charge in [-0.1, -0.05) is 0 Å². The average Bonchev–Trinajstić information content (AvgIpc) is 3.07.